The number of aliphatic hydroxyl groups excluding tert-OH is 2. The fourth-order valence-electron chi connectivity index (χ4n) is 7.73. The molecule has 0 heterocycles. The molecule has 4 aliphatic rings. The molecule has 4 rings (SSSR count). The van der Waals surface area contributed by atoms with Gasteiger partial charge in [0.25, 0.3) is 0 Å². The highest BCUT2D eigenvalue weighted by Crippen LogP contribution is 2.65. The van der Waals surface area contributed by atoms with Crippen molar-refractivity contribution in [3.05, 3.63) is 35.5 Å². The zero-order valence-electron chi connectivity index (χ0n) is 19.9. The van der Waals surface area contributed by atoms with E-state index in [0.29, 0.717) is 29.1 Å². The second-order valence-electron chi connectivity index (χ2n) is 11.8. The molecule has 2 heteroatoms. The van der Waals surface area contributed by atoms with Gasteiger partial charge in [0.15, 0.2) is 0 Å². The van der Waals surface area contributed by atoms with Crippen molar-refractivity contribution >= 4 is 0 Å². The van der Waals surface area contributed by atoms with Crippen LogP contribution in [0.3, 0.4) is 0 Å². The number of fused-ring (bicyclic) bond motifs is 5. The summed E-state index contributed by atoms with van der Waals surface area (Å²) in [6.07, 6.45) is 17.9. The van der Waals surface area contributed by atoms with Crippen molar-refractivity contribution in [2.75, 3.05) is 6.61 Å². The fourth-order valence-corrected chi connectivity index (χ4v) is 7.73. The Balaban J connectivity index is 1.54. The zero-order valence-corrected chi connectivity index (χ0v) is 19.9. The van der Waals surface area contributed by atoms with E-state index in [1.807, 2.05) is 0 Å². The fraction of sp³-hybridized carbons (Fsp3) is 0.786. The van der Waals surface area contributed by atoms with Crippen molar-refractivity contribution in [3.63, 3.8) is 0 Å². The molecule has 168 valence electrons. The normalized spacial score (nSPS) is 43.8. The summed E-state index contributed by atoms with van der Waals surface area (Å²) in [6.45, 7) is 12.1. The summed E-state index contributed by atoms with van der Waals surface area (Å²) in [5, 5.41) is 19.6. The highest BCUT2D eigenvalue weighted by Gasteiger charge is 2.56. The third kappa shape index (κ3) is 3.56. The van der Waals surface area contributed by atoms with Gasteiger partial charge >= 0.3 is 0 Å². The molecule has 2 nitrogen and oxygen atoms in total. The quantitative estimate of drug-likeness (QED) is 0.520. The highest BCUT2D eigenvalue weighted by molar-refractivity contribution is 5.39. The van der Waals surface area contributed by atoms with Crippen LogP contribution in [0.1, 0.15) is 79.6 Å². The second kappa shape index (κ2) is 8.24. The molecule has 0 amide bonds. The van der Waals surface area contributed by atoms with Crippen molar-refractivity contribution in [2.45, 2.75) is 85.7 Å². The summed E-state index contributed by atoms with van der Waals surface area (Å²) in [5.74, 6) is 3.54. The van der Waals surface area contributed by atoms with E-state index >= 15 is 0 Å². The Bertz CT molecular complexity index is 733. The number of rotatable bonds is 5. The van der Waals surface area contributed by atoms with E-state index in [2.05, 4.69) is 58.9 Å². The average Bonchev–Trinajstić information content (AvgIpc) is 3.09. The van der Waals surface area contributed by atoms with Gasteiger partial charge in [-0.2, -0.15) is 0 Å². The van der Waals surface area contributed by atoms with Crippen molar-refractivity contribution < 1.29 is 10.2 Å². The predicted molar refractivity (Wildman–Crippen MR) is 125 cm³/mol. The molecule has 30 heavy (non-hydrogen) atoms. The molecule has 0 saturated heterocycles. The van der Waals surface area contributed by atoms with Gasteiger partial charge in [-0.05, 0) is 91.3 Å². The number of aliphatic hydroxyl groups is 2. The van der Waals surface area contributed by atoms with Crippen LogP contribution in [0, 0.1) is 46.3 Å². The average molecular weight is 413 g/mol. The first-order valence-electron chi connectivity index (χ1n) is 12.6. The van der Waals surface area contributed by atoms with Crippen LogP contribution in [0.15, 0.2) is 35.5 Å². The minimum atomic E-state index is -0.132. The maximum Gasteiger partial charge on any atom is 0.0578 e. The van der Waals surface area contributed by atoms with Gasteiger partial charge in [0.05, 0.1) is 6.10 Å². The summed E-state index contributed by atoms with van der Waals surface area (Å²) in [6, 6.07) is 0. The van der Waals surface area contributed by atoms with Gasteiger partial charge in [0.1, 0.15) is 0 Å². The van der Waals surface area contributed by atoms with E-state index in [1.165, 1.54) is 31.3 Å². The molecule has 9 atom stereocenters. The molecule has 0 aromatic rings. The molecule has 0 aromatic heterocycles. The van der Waals surface area contributed by atoms with Crippen molar-refractivity contribution in [1.82, 2.24) is 0 Å². The van der Waals surface area contributed by atoms with E-state index in [9.17, 15) is 10.2 Å². The number of hydrogen-bond acceptors (Lipinski definition) is 2. The van der Waals surface area contributed by atoms with Crippen LogP contribution in [0.25, 0.3) is 0 Å². The molecule has 0 spiro atoms. The largest absolute Gasteiger partial charge is 0.396 e. The Morgan fingerprint density at radius 3 is 2.50 bits per heavy atom. The van der Waals surface area contributed by atoms with Gasteiger partial charge in [0, 0.05) is 6.61 Å². The third-order valence-corrected chi connectivity index (χ3v) is 10.2. The lowest BCUT2D eigenvalue weighted by Gasteiger charge is -2.55. The van der Waals surface area contributed by atoms with Gasteiger partial charge in [-0.3, -0.25) is 0 Å². The smallest absolute Gasteiger partial charge is 0.0578 e. The first-order chi connectivity index (χ1) is 14.2. The third-order valence-electron chi connectivity index (χ3n) is 10.2. The SMILES string of the molecule is CC(CO)[C@H](C)/C=C/[C@@H](C)[C@H]1CC[C@H]2C3=CC=C4C[C@@H](O)CC[C@@]4(C)[C@@H]3CC[C@]12C. The standard InChI is InChI=1S/C28H44O2/c1-18(20(3)17-29)6-7-19(2)24-10-11-25-23-9-8-21-16-22(30)12-14-27(21,4)26(23)13-15-28(24,25)5/h6-9,18-20,22,24-26,29-30H,10-17H2,1-5H3/b7-6+/t18-,19-,20?,22+,24-,25+,26-,27-,28-/m1/s1. The van der Waals surface area contributed by atoms with Crippen molar-refractivity contribution in [3.8, 4) is 0 Å². The van der Waals surface area contributed by atoms with E-state index in [0.717, 1.165) is 31.1 Å². The highest BCUT2D eigenvalue weighted by atomic mass is 16.3. The van der Waals surface area contributed by atoms with Gasteiger partial charge in [-0.15, -0.1) is 0 Å². The summed E-state index contributed by atoms with van der Waals surface area (Å²) in [5.41, 5.74) is 3.95. The van der Waals surface area contributed by atoms with E-state index in [-0.39, 0.29) is 18.1 Å². The lowest BCUT2D eigenvalue weighted by molar-refractivity contribution is 0.0382. The van der Waals surface area contributed by atoms with Crippen LogP contribution in [-0.2, 0) is 0 Å². The van der Waals surface area contributed by atoms with Crippen LogP contribution < -0.4 is 0 Å². The molecule has 4 aliphatic carbocycles. The molecule has 0 aromatic carbocycles. The van der Waals surface area contributed by atoms with Crippen LogP contribution in [0.4, 0.5) is 0 Å². The lowest BCUT2D eigenvalue weighted by atomic mass is 9.50. The molecule has 0 radical (unpaired) electrons. The summed E-state index contributed by atoms with van der Waals surface area (Å²) >= 11 is 0. The number of hydrogen-bond donors (Lipinski definition) is 2. The van der Waals surface area contributed by atoms with E-state index < -0.39 is 0 Å². The molecule has 1 unspecified atom stereocenters. The maximum atomic E-state index is 10.2. The summed E-state index contributed by atoms with van der Waals surface area (Å²) in [7, 11) is 0. The molecular weight excluding hydrogens is 368 g/mol. The molecule has 3 fully saturated rings. The predicted octanol–water partition coefficient (Wildman–Crippen LogP) is 6.30. The van der Waals surface area contributed by atoms with Gasteiger partial charge in [0.2, 0.25) is 0 Å². The van der Waals surface area contributed by atoms with Crippen LogP contribution in [0.2, 0.25) is 0 Å². The second-order valence-corrected chi connectivity index (χ2v) is 11.8. The Kier molecular flexibility index (Phi) is 6.14. The molecular formula is C28H44O2. The van der Waals surface area contributed by atoms with E-state index in [1.54, 1.807) is 5.57 Å². The van der Waals surface area contributed by atoms with Gasteiger partial charge < -0.3 is 10.2 Å². The maximum absolute atomic E-state index is 10.2. The van der Waals surface area contributed by atoms with Crippen molar-refractivity contribution in [1.29, 1.82) is 0 Å². The summed E-state index contributed by atoms with van der Waals surface area (Å²) in [4.78, 5) is 0. The molecule has 3 saturated carbocycles. The van der Waals surface area contributed by atoms with E-state index in [4.69, 9.17) is 0 Å². The molecule has 0 aliphatic heterocycles. The Labute approximate surface area is 184 Å². The lowest BCUT2D eigenvalue weighted by Crippen LogP contribution is -2.46. The number of allylic oxidation sites excluding steroid dienone is 5. The minimum Gasteiger partial charge on any atom is -0.396 e. The Morgan fingerprint density at radius 2 is 1.77 bits per heavy atom. The Hall–Kier alpha value is -0.860. The van der Waals surface area contributed by atoms with Crippen LogP contribution >= 0.6 is 0 Å². The monoisotopic (exact) mass is 412 g/mol. The topological polar surface area (TPSA) is 40.5 Å². The first-order valence-corrected chi connectivity index (χ1v) is 12.6. The zero-order chi connectivity index (χ0) is 21.7. The van der Waals surface area contributed by atoms with Gasteiger partial charge in [-0.1, -0.05) is 70.1 Å². The van der Waals surface area contributed by atoms with Gasteiger partial charge in [-0.25, -0.2) is 0 Å². The molecule has 0 bridgehead atoms. The van der Waals surface area contributed by atoms with Crippen LogP contribution in [-0.4, -0.2) is 22.9 Å². The minimum absolute atomic E-state index is 0.132. The summed E-state index contributed by atoms with van der Waals surface area (Å²) < 4.78 is 0. The van der Waals surface area contributed by atoms with Crippen LogP contribution in [0.5, 0.6) is 0 Å². The molecule has 2 N–H and O–H groups in total. The van der Waals surface area contributed by atoms with Crippen molar-refractivity contribution in [2.24, 2.45) is 46.3 Å². The Morgan fingerprint density at radius 1 is 1.00 bits per heavy atom. The first kappa shape index (κ1) is 22.3.